The summed E-state index contributed by atoms with van der Waals surface area (Å²) in [5.74, 6) is -1.93. The molecular weight excluding hydrogens is 906 g/mol. The maximum Gasteiger partial charge on any atom is 0.324 e. The molecule has 0 bridgehead atoms. The van der Waals surface area contributed by atoms with E-state index in [-0.39, 0.29) is 32.9 Å². The number of carbonyl (C=O) groups is 3. The van der Waals surface area contributed by atoms with Crippen molar-refractivity contribution in [1.82, 2.24) is 0 Å². The van der Waals surface area contributed by atoms with Crippen molar-refractivity contribution in [3.05, 3.63) is 212 Å². The minimum absolute atomic E-state index is 0.0109. The molecule has 296 valence electrons. The van der Waals surface area contributed by atoms with Crippen molar-refractivity contribution >= 4 is 117 Å². The van der Waals surface area contributed by atoms with Gasteiger partial charge in [-0.1, -0.05) is 92.7 Å². The highest BCUT2D eigenvalue weighted by molar-refractivity contribution is 9.10. The lowest BCUT2D eigenvalue weighted by molar-refractivity contribution is -0.380. The Morgan fingerprint density at radius 1 is 0.593 bits per heavy atom. The number of hydrogen-bond donors (Lipinski definition) is 0. The third-order valence-corrected chi connectivity index (χ3v) is 11.3. The van der Waals surface area contributed by atoms with Gasteiger partial charge in [0.1, 0.15) is 11.6 Å². The van der Waals surface area contributed by atoms with Crippen LogP contribution in [0, 0.1) is 31.9 Å². The summed E-state index contributed by atoms with van der Waals surface area (Å²) in [5, 5.41) is 27.5. The summed E-state index contributed by atoms with van der Waals surface area (Å²) in [7, 11) is 0. The molecule has 0 radical (unpaired) electrons. The summed E-state index contributed by atoms with van der Waals surface area (Å²) in [6.07, 6.45) is 8.77. The average Bonchev–Trinajstić information content (AvgIpc) is 4.00. The molecule has 3 heterocycles. The Hall–Kier alpha value is -6.10. The van der Waals surface area contributed by atoms with E-state index in [9.17, 15) is 43.4 Å². The maximum atomic E-state index is 13.0. The first kappa shape index (κ1) is 44.0. The van der Waals surface area contributed by atoms with Crippen LogP contribution in [0.1, 0.15) is 47.8 Å². The fourth-order valence-electron chi connectivity index (χ4n) is 4.90. The zero-order valence-electron chi connectivity index (χ0n) is 30.0. The Morgan fingerprint density at radius 2 is 1.15 bits per heavy atom. The van der Waals surface area contributed by atoms with Gasteiger partial charge in [0.05, 0.1) is 9.85 Å². The molecule has 0 amide bonds. The molecule has 3 aromatic heterocycles. The summed E-state index contributed by atoms with van der Waals surface area (Å²) in [5.41, 5.74) is 3.31. The van der Waals surface area contributed by atoms with Gasteiger partial charge in [-0.3, -0.25) is 34.6 Å². The van der Waals surface area contributed by atoms with Gasteiger partial charge in [-0.2, -0.15) is 0 Å². The minimum Gasteiger partial charge on any atom is -0.289 e. The standard InChI is InChI=1S/C17H11ClOS.C15H9BrF2O.C11H6N2O5S2/c18-13-8-5-12(6-9-13)7-10-16(19)15-11-20-17-4-2-1-3-14(15)17;16-12-4-2-11(3-5-12)15(19)6-1-10-7-13(17)9-14(18)8-10;14-9(8-4-11(13(17)18)20-6-8)2-1-7-3-10(12(15)16)19-5-7/h1-11H;1-9H;1-6H. The molecule has 0 aliphatic carbocycles. The second-order valence-electron chi connectivity index (χ2n) is 11.9. The van der Waals surface area contributed by atoms with E-state index < -0.39 is 21.5 Å². The van der Waals surface area contributed by atoms with Gasteiger partial charge >= 0.3 is 10.0 Å². The highest BCUT2D eigenvalue weighted by Gasteiger charge is 2.14. The van der Waals surface area contributed by atoms with E-state index in [1.54, 1.807) is 47.1 Å². The molecule has 59 heavy (non-hydrogen) atoms. The van der Waals surface area contributed by atoms with Crippen molar-refractivity contribution in [3.63, 3.8) is 0 Å². The summed E-state index contributed by atoms with van der Waals surface area (Å²) >= 11 is 12.5. The van der Waals surface area contributed by atoms with Crippen molar-refractivity contribution < 1.29 is 33.0 Å². The van der Waals surface area contributed by atoms with E-state index in [0.717, 1.165) is 66.6 Å². The quantitative estimate of drug-likeness (QED) is 0.0545. The fourth-order valence-corrected chi connectivity index (χ4v) is 7.65. The predicted molar refractivity (Wildman–Crippen MR) is 236 cm³/mol. The molecule has 16 heteroatoms. The number of ketones is 3. The van der Waals surface area contributed by atoms with E-state index in [0.29, 0.717) is 21.7 Å². The number of nitro groups is 2. The molecule has 0 aliphatic heterocycles. The molecule has 4 aromatic carbocycles. The van der Waals surface area contributed by atoms with E-state index in [1.807, 2.05) is 60.0 Å². The largest absolute Gasteiger partial charge is 0.324 e. The highest BCUT2D eigenvalue weighted by Crippen LogP contribution is 2.27. The number of allylic oxidation sites excluding steroid dienone is 3. The van der Waals surface area contributed by atoms with Crippen molar-refractivity contribution in [2.24, 2.45) is 0 Å². The molecule has 0 aliphatic rings. The van der Waals surface area contributed by atoms with Gasteiger partial charge < -0.3 is 0 Å². The second-order valence-corrected chi connectivity index (χ2v) is 15.9. The first-order chi connectivity index (χ1) is 28.2. The molecule has 0 atom stereocenters. The molecule has 0 saturated heterocycles. The van der Waals surface area contributed by atoms with E-state index in [1.165, 1.54) is 41.8 Å². The first-order valence-corrected chi connectivity index (χ1v) is 20.6. The topological polar surface area (TPSA) is 137 Å². The van der Waals surface area contributed by atoms with E-state index in [2.05, 4.69) is 15.9 Å². The Bertz CT molecular complexity index is 2720. The van der Waals surface area contributed by atoms with Crippen LogP contribution in [0.15, 0.2) is 142 Å². The molecule has 9 nitrogen and oxygen atoms in total. The van der Waals surface area contributed by atoms with Gasteiger partial charge in [-0.05, 0) is 95.6 Å². The van der Waals surface area contributed by atoms with Crippen molar-refractivity contribution in [2.75, 3.05) is 0 Å². The highest BCUT2D eigenvalue weighted by atomic mass is 79.9. The van der Waals surface area contributed by atoms with Crippen LogP contribution in [0.2, 0.25) is 5.02 Å². The van der Waals surface area contributed by atoms with Crippen LogP contribution in [0.3, 0.4) is 0 Å². The maximum absolute atomic E-state index is 13.0. The first-order valence-electron chi connectivity index (χ1n) is 16.8. The van der Waals surface area contributed by atoms with Crippen LogP contribution in [0.5, 0.6) is 0 Å². The molecular formula is C43H26BrClF2N2O7S3. The third kappa shape index (κ3) is 13.2. The van der Waals surface area contributed by atoms with Gasteiger partial charge in [0, 0.05) is 70.6 Å². The zero-order valence-corrected chi connectivity index (χ0v) is 34.8. The lowest BCUT2D eigenvalue weighted by Gasteiger charge is -1.97. The summed E-state index contributed by atoms with van der Waals surface area (Å²) in [4.78, 5) is 55.8. The lowest BCUT2D eigenvalue weighted by Crippen LogP contribution is -1.93. The monoisotopic (exact) mass is 930 g/mol. The Morgan fingerprint density at radius 3 is 1.78 bits per heavy atom. The van der Waals surface area contributed by atoms with Gasteiger partial charge in [-0.25, -0.2) is 8.78 Å². The van der Waals surface area contributed by atoms with E-state index >= 15 is 0 Å². The number of fused-ring (bicyclic) bond motifs is 1. The van der Waals surface area contributed by atoms with Crippen LogP contribution in [0.4, 0.5) is 18.8 Å². The van der Waals surface area contributed by atoms with Crippen molar-refractivity contribution in [2.45, 2.75) is 0 Å². The number of hydrogen-bond acceptors (Lipinski definition) is 10. The van der Waals surface area contributed by atoms with Gasteiger partial charge in [0.2, 0.25) is 0 Å². The predicted octanol–water partition coefficient (Wildman–Crippen LogP) is 13.6. The fraction of sp³-hybridized carbons (Fsp3) is 0. The number of carbonyl (C=O) groups excluding carboxylic acids is 3. The van der Waals surface area contributed by atoms with Gasteiger partial charge in [0.25, 0.3) is 0 Å². The lowest BCUT2D eigenvalue weighted by atomic mass is 10.1. The smallest absolute Gasteiger partial charge is 0.289 e. The second kappa shape index (κ2) is 21.1. The minimum atomic E-state index is -0.671. The number of benzene rings is 4. The number of halogens is 4. The molecule has 0 spiro atoms. The molecule has 7 aromatic rings. The van der Waals surface area contributed by atoms with Crippen LogP contribution in [-0.2, 0) is 0 Å². The molecule has 0 N–H and O–H groups in total. The average molecular weight is 932 g/mol. The molecule has 0 unspecified atom stereocenters. The Balaban J connectivity index is 0.000000168. The normalized spacial score (nSPS) is 11.0. The Kier molecular flexibility index (Phi) is 15.7. The number of nitrogens with zero attached hydrogens (tertiary/aromatic N) is 2. The van der Waals surface area contributed by atoms with Crippen LogP contribution in [-0.4, -0.2) is 27.2 Å². The molecule has 0 fully saturated rings. The third-order valence-electron chi connectivity index (χ3n) is 7.75. The summed E-state index contributed by atoms with van der Waals surface area (Å²) in [6.45, 7) is 0. The number of rotatable bonds is 11. The van der Waals surface area contributed by atoms with Crippen molar-refractivity contribution in [3.8, 4) is 0 Å². The SMILES string of the molecule is O=C(C=Cc1cc(F)cc(F)c1)c1ccc(Br)cc1.O=C(C=Cc1ccc(Cl)cc1)c1csc2ccccc12.O=C(C=Cc1csc([N+](=O)[O-])c1)c1csc([N+](=O)[O-])c1. The summed E-state index contributed by atoms with van der Waals surface area (Å²) < 4.78 is 27.9. The van der Waals surface area contributed by atoms with Gasteiger partial charge in [0.15, 0.2) is 17.3 Å². The van der Waals surface area contributed by atoms with Gasteiger partial charge in [-0.15, -0.1) is 11.3 Å². The van der Waals surface area contributed by atoms with Crippen LogP contribution < -0.4 is 0 Å². The molecule has 7 rings (SSSR count). The van der Waals surface area contributed by atoms with Crippen LogP contribution >= 0.6 is 61.5 Å². The number of thiophene rings is 3. The van der Waals surface area contributed by atoms with Crippen molar-refractivity contribution in [1.29, 1.82) is 0 Å². The molecule has 0 saturated carbocycles. The van der Waals surface area contributed by atoms with E-state index in [4.69, 9.17) is 11.6 Å². The van der Waals surface area contributed by atoms with Crippen LogP contribution in [0.25, 0.3) is 28.3 Å². The zero-order chi connectivity index (χ0) is 42.5. The summed E-state index contributed by atoms with van der Waals surface area (Å²) in [6, 6.07) is 27.8. The Labute approximate surface area is 360 Å².